The normalized spacial score (nSPS) is 12.1. The molecule has 5 rings (SSSR count). The van der Waals surface area contributed by atoms with Gasteiger partial charge in [0.15, 0.2) is 5.78 Å². The molecular weight excluding hydrogens is 711 g/mol. The van der Waals surface area contributed by atoms with Crippen molar-refractivity contribution < 1.29 is 34.4 Å². The molecule has 0 aliphatic heterocycles. The van der Waals surface area contributed by atoms with E-state index in [1.54, 1.807) is 0 Å². The molecule has 0 fully saturated rings. The zero-order chi connectivity index (χ0) is 30.6. The molecule has 3 aromatic carbocycles. The maximum atomic E-state index is 11.2. The molecule has 0 saturated carbocycles. The first-order valence-electron chi connectivity index (χ1n) is 15.1. The molecule has 0 aliphatic rings. The number of para-hydroxylation sites is 1. The van der Waals surface area contributed by atoms with Crippen molar-refractivity contribution in [3.8, 4) is 11.3 Å². The SMILES string of the molecule is CC(C)CC(=O)/C=C(\O)CC(C)C.CCC(C)(C)c1ccc2c(-c3[c-]c(C)cc4c3oc3ccccc34)nccc2c1.[Ir]. The van der Waals surface area contributed by atoms with Gasteiger partial charge in [-0.3, -0.25) is 4.79 Å². The molecule has 0 saturated heterocycles. The zero-order valence-corrected chi connectivity index (χ0v) is 29.1. The van der Waals surface area contributed by atoms with E-state index < -0.39 is 0 Å². The van der Waals surface area contributed by atoms with Crippen LogP contribution in [0.2, 0.25) is 0 Å². The molecule has 2 aromatic heterocycles. The number of rotatable bonds is 8. The van der Waals surface area contributed by atoms with Crippen LogP contribution in [0.25, 0.3) is 44.0 Å². The number of aliphatic hydroxyl groups is 1. The maximum Gasteiger partial charge on any atom is 0.159 e. The van der Waals surface area contributed by atoms with Crippen LogP contribution in [-0.4, -0.2) is 15.9 Å². The summed E-state index contributed by atoms with van der Waals surface area (Å²) in [7, 11) is 0. The topological polar surface area (TPSA) is 63.3 Å². The van der Waals surface area contributed by atoms with E-state index in [9.17, 15) is 9.90 Å². The van der Waals surface area contributed by atoms with Crippen LogP contribution in [0.4, 0.5) is 0 Å². The van der Waals surface area contributed by atoms with E-state index in [1.165, 1.54) is 17.0 Å². The van der Waals surface area contributed by atoms with Gasteiger partial charge in [-0.05, 0) is 57.8 Å². The third-order valence-electron chi connectivity index (χ3n) is 7.76. The standard InChI is InChI=1S/C27H24NO.C11H20O2.Ir/c1-5-27(3,4)19-10-11-20-18(16-19)12-13-28-25(20)23-15-17(2)14-22-21-8-6-7-9-24(21)29-26(22)23;1-8(2)5-10(12)7-11(13)6-9(3)4;/h6-14,16H,5H2,1-4H3;7-9,12H,5-6H2,1-4H3;/q-1;;/b;10-7-;. The number of ketones is 1. The molecule has 2 heterocycles. The van der Waals surface area contributed by atoms with E-state index in [1.807, 2.05) is 46.0 Å². The Kier molecular flexibility index (Phi) is 11.5. The number of fused-ring (bicyclic) bond motifs is 4. The van der Waals surface area contributed by atoms with Crippen molar-refractivity contribution >= 4 is 38.5 Å². The molecule has 5 aromatic rings. The summed E-state index contributed by atoms with van der Waals surface area (Å²) in [4.78, 5) is 16.0. The number of aliphatic hydroxyl groups excluding tert-OH is 1. The summed E-state index contributed by atoms with van der Waals surface area (Å²) in [5, 5.41) is 13.9. The Morgan fingerprint density at radius 3 is 2.35 bits per heavy atom. The molecule has 0 unspecified atom stereocenters. The minimum atomic E-state index is 0. The zero-order valence-electron chi connectivity index (χ0n) is 26.7. The molecule has 0 aliphatic carbocycles. The maximum absolute atomic E-state index is 11.2. The number of carbonyl (C=O) groups is 1. The van der Waals surface area contributed by atoms with Gasteiger partial charge in [-0.25, -0.2) is 0 Å². The van der Waals surface area contributed by atoms with E-state index in [-0.39, 0.29) is 37.1 Å². The second kappa shape index (κ2) is 14.5. The third-order valence-corrected chi connectivity index (χ3v) is 7.76. The quantitative estimate of drug-likeness (QED) is 0.0973. The Labute approximate surface area is 270 Å². The largest absolute Gasteiger partial charge is 0.512 e. The molecule has 0 spiro atoms. The van der Waals surface area contributed by atoms with Crippen LogP contribution >= 0.6 is 0 Å². The third kappa shape index (κ3) is 8.22. The van der Waals surface area contributed by atoms with Gasteiger partial charge in [0.05, 0.1) is 11.3 Å². The average molecular weight is 755 g/mol. The molecular formula is C38H44IrNO3-. The van der Waals surface area contributed by atoms with Gasteiger partial charge in [0.2, 0.25) is 0 Å². The van der Waals surface area contributed by atoms with Crippen molar-refractivity contribution in [3.05, 3.63) is 89.8 Å². The van der Waals surface area contributed by atoms with E-state index in [0.717, 1.165) is 50.6 Å². The summed E-state index contributed by atoms with van der Waals surface area (Å²) in [6.07, 6.45) is 5.46. The fourth-order valence-electron chi connectivity index (χ4n) is 5.19. The first kappa shape index (κ1) is 34.2. The van der Waals surface area contributed by atoms with Gasteiger partial charge in [-0.2, -0.15) is 0 Å². The average Bonchev–Trinajstić information content (AvgIpc) is 3.30. The van der Waals surface area contributed by atoms with Crippen LogP contribution in [-0.2, 0) is 30.3 Å². The second-order valence-corrected chi connectivity index (χ2v) is 12.8. The summed E-state index contributed by atoms with van der Waals surface area (Å²) in [6, 6.07) is 22.7. The predicted octanol–water partition coefficient (Wildman–Crippen LogP) is 10.7. The first-order valence-corrected chi connectivity index (χ1v) is 15.1. The number of pyridine rings is 1. The van der Waals surface area contributed by atoms with Crippen molar-refractivity contribution in [2.24, 2.45) is 11.8 Å². The summed E-state index contributed by atoms with van der Waals surface area (Å²) < 4.78 is 6.27. The van der Waals surface area contributed by atoms with Gasteiger partial charge in [0.1, 0.15) is 5.58 Å². The summed E-state index contributed by atoms with van der Waals surface area (Å²) >= 11 is 0. The number of aromatic nitrogens is 1. The van der Waals surface area contributed by atoms with Crippen molar-refractivity contribution in [2.45, 2.75) is 80.1 Å². The first-order chi connectivity index (χ1) is 19.9. The minimum Gasteiger partial charge on any atom is -0.512 e. The smallest absolute Gasteiger partial charge is 0.159 e. The molecule has 0 bridgehead atoms. The molecule has 229 valence electrons. The number of hydrogen-bond acceptors (Lipinski definition) is 4. The van der Waals surface area contributed by atoms with E-state index in [0.29, 0.717) is 24.7 Å². The van der Waals surface area contributed by atoms with Crippen molar-refractivity contribution in [2.75, 3.05) is 0 Å². The van der Waals surface area contributed by atoms with Crippen LogP contribution in [0, 0.1) is 24.8 Å². The van der Waals surface area contributed by atoms with Crippen LogP contribution in [0.1, 0.15) is 78.9 Å². The van der Waals surface area contributed by atoms with Gasteiger partial charge in [-0.15, -0.1) is 17.7 Å². The number of furan rings is 1. The fourth-order valence-corrected chi connectivity index (χ4v) is 5.19. The Morgan fingerprint density at radius 1 is 0.977 bits per heavy atom. The van der Waals surface area contributed by atoms with Crippen molar-refractivity contribution in [1.29, 1.82) is 0 Å². The minimum absolute atomic E-state index is 0. The van der Waals surface area contributed by atoms with Gasteiger partial charge >= 0.3 is 0 Å². The molecule has 4 nitrogen and oxygen atoms in total. The Balaban J connectivity index is 0.000000310. The van der Waals surface area contributed by atoms with Crippen molar-refractivity contribution in [3.63, 3.8) is 0 Å². The Hall–Kier alpha value is -3.27. The van der Waals surface area contributed by atoms with E-state index in [2.05, 4.69) is 76.2 Å². The van der Waals surface area contributed by atoms with Crippen LogP contribution in [0.5, 0.6) is 0 Å². The number of aryl methyl sites for hydroxylation is 1. The monoisotopic (exact) mass is 755 g/mol. The number of hydrogen-bond donors (Lipinski definition) is 1. The van der Waals surface area contributed by atoms with Crippen LogP contribution in [0.15, 0.2) is 77.0 Å². The van der Waals surface area contributed by atoms with Gasteiger partial charge in [0, 0.05) is 50.6 Å². The molecule has 1 N–H and O–H groups in total. The summed E-state index contributed by atoms with van der Waals surface area (Å²) in [5.74, 6) is 0.979. The number of nitrogens with zero attached hydrogens (tertiary/aromatic N) is 1. The summed E-state index contributed by atoms with van der Waals surface area (Å²) in [5.41, 5.74) is 6.21. The molecule has 0 atom stereocenters. The summed E-state index contributed by atoms with van der Waals surface area (Å²) in [6.45, 7) is 16.9. The van der Waals surface area contributed by atoms with Crippen LogP contribution in [0.3, 0.4) is 0 Å². The molecule has 5 heteroatoms. The predicted molar refractivity (Wildman–Crippen MR) is 176 cm³/mol. The van der Waals surface area contributed by atoms with Crippen molar-refractivity contribution in [1.82, 2.24) is 4.98 Å². The molecule has 0 amide bonds. The number of carbonyl (C=O) groups excluding carboxylic acids is 1. The van der Waals surface area contributed by atoms with E-state index >= 15 is 0 Å². The van der Waals surface area contributed by atoms with Gasteiger partial charge < -0.3 is 14.5 Å². The Bertz CT molecular complexity index is 1740. The fraction of sp³-hybridized carbons (Fsp3) is 0.368. The van der Waals surface area contributed by atoms with Crippen LogP contribution < -0.4 is 0 Å². The number of benzene rings is 3. The van der Waals surface area contributed by atoms with Gasteiger partial charge in [0.25, 0.3) is 0 Å². The van der Waals surface area contributed by atoms with Gasteiger partial charge in [-0.1, -0.05) is 103 Å². The molecule has 43 heavy (non-hydrogen) atoms. The van der Waals surface area contributed by atoms with E-state index in [4.69, 9.17) is 9.40 Å². The molecule has 1 radical (unpaired) electrons. The second-order valence-electron chi connectivity index (χ2n) is 12.8. The number of allylic oxidation sites excluding steroid dienone is 2. The Morgan fingerprint density at radius 2 is 1.67 bits per heavy atom.